The summed E-state index contributed by atoms with van der Waals surface area (Å²) in [5.74, 6) is -0.344. The Balaban J connectivity index is 2.20. The van der Waals surface area contributed by atoms with E-state index in [9.17, 15) is 9.59 Å². The van der Waals surface area contributed by atoms with Gasteiger partial charge in [0.15, 0.2) is 11.9 Å². The molecule has 90 valence electrons. The van der Waals surface area contributed by atoms with Crippen LogP contribution < -0.4 is 0 Å². The first-order chi connectivity index (χ1) is 8.22. The molecule has 0 spiro atoms. The highest BCUT2D eigenvalue weighted by atomic mass is 16.6. The molecule has 0 amide bonds. The van der Waals surface area contributed by atoms with Crippen LogP contribution in [0.3, 0.4) is 0 Å². The van der Waals surface area contributed by atoms with Gasteiger partial charge < -0.3 is 4.74 Å². The van der Waals surface area contributed by atoms with Gasteiger partial charge in [-0.25, -0.2) is 0 Å². The first-order valence-electron chi connectivity index (χ1n) is 5.99. The zero-order chi connectivity index (χ0) is 12.3. The highest BCUT2D eigenvalue weighted by Gasteiger charge is 2.39. The maximum atomic E-state index is 11.9. The number of rotatable bonds is 4. The van der Waals surface area contributed by atoms with Crippen LogP contribution in [0, 0.1) is 0 Å². The van der Waals surface area contributed by atoms with Crippen molar-refractivity contribution >= 4 is 11.8 Å². The maximum Gasteiger partial charge on any atom is 0.307 e. The summed E-state index contributed by atoms with van der Waals surface area (Å²) in [5.41, 5.74) is 1.01. The molecular formula is C14H16O3. The molecule has 1 fully saturated rings. The first kappa shape index (κ1) is 11.8. The van der Waals surface area contributed by atoms with E-state index in [1.54, 1.807) is 0 Å². The molecule has 17 heavy (non-hydrogen) atoms. The number of Topliss-reactive ketones (excluding diaryl/α,β-unsaturated/α-hetero) is 1. The van der Waals surface area contributed by atoms with Gasteiger partial charge in [-0.05, 0) is 12.0 Å². The van der Waals surface area contributed by atoms with E-state index in [1.807, 2.05) is 37.3 Å². The second-order valence-electron chi connectivity index (χ2n) is 4.35. The molecule has 0 bridgehead atoms. The third kappa shape index (κ3) is 2.54. The number of hydrogen-bond acceptors (Lipinski definition) is 3. The van der Waals surface area contributed by atoms with Crippen LogP contribution in [0.4, 0.5) is 0 Å². The molecule has 1 aliphatic heterocycles. The van der Waals surface area contributed by atoms with Gasteiger partial charge in [0.1, 0.15) is 0 Å². The first-order valence-corrected chi connectivity index (χ1v) is 5.99. The topological polar surface area (TPSA) is 43.4 Å². The molecule has 1 aromatic carbocycles. The van der Waals surface area contributed by atoms with Crippen LogP contribution in [0.25, 0.3) is 0 Å². The Morgan fingerprint density at radius 1 is 1.35 bits per heavy atom. The third-order valence-electron chi connectivity index (χ3n) is 3.05. The zero-order valence-electron chi connectivity index (χ0n) is 9.89. The summed E-state index contributed by atoms with van der Waals surface area (Å²) in [6, 6.07) is 9.64. The van der Waals surface area contributed by atoms with Crippen LogP contribution in [0.5, 0.6) is 0 Å². The normalized spacial score (nSPS) is 23.5. The molecule has 0 radical (unpaired) electrons. The van der Waals surface area contributed by atoms with Crippen LogP contribution in [-0.4, -0.2) is 17.9 Å². The van der Waals surface area contributed by atoms with E-state index >= 15 is 0 Å². The number of ether oxygens (including phenoxy) is 1. The van der Waals surface area contributed by atoms with Gasteiger partial charge in [0, 0.05) is 12.3 Å². The highest BCUT2D eigenvalue weighted by Crippen LogP contribution is 2.33. The lowest BCUT2D eigenvalue weighted by molar-refractivity contribution is -0.147. The molecule has 3 nitrogen and oxygen atoms in total. The van der Waals surface area contributed by atoms with Gasteiger partial charge in [-0.15, -0.1) is 0 Å². The van der Waals surface area contributed by atoms with Gasteiger partial charge in [0.25, 0.3) is 0 Å². The fourth-order valence-electron chi connectivity index (χ4n) is 2.23. The summed E-state index contributed by atoms with van der Waals surface area (Å²) in [6.45, 7) is 1.95. The zero-order valence-corrected chi connectivity index (χ0v) is 9.89. The van der Waals surface area contributed by atoms with Crippen LogP contribution >= 0.6 is 0 Å². The molecule has 0 aromatic heterocycles. The number of cyclic esters (lactones) is 1. The monoisotopic (exact) mass is 232 g/mol. The Labute approximate surface area is 101 Å². The Morgan fingerprint density at radius 2 is 2.06 bits per heavy atom. The van der Waals surface area contributed by atoms with Crippen molar-refractivity contribution in [3.05, 3.63) is 35.9 Å². The molecule has 2 rings (SSSR count). The SMILES string of the molecule is CCCC(=O)[C@H]1OC(=O)C[C@@H]1c1ccccc1. The van der Waals surface area contributed by atoms with Crippen LogP contribution in [0.2, 0.25) is 0 Å². The lowest BCUT2D eigenvalue weighted by atomic mass is 9.89. The van der Waals surface area contributed by atoms with Crippen molar-refractivity contribution in [3.8, 4) is 0 Å². The van der Waals surface area contributed by atoms with Gasteiger partial charge in [-0.1, -0.05) is 37.3 Å². The molecule has 1 heterocycles. The molecule has 0 unspecified atom stereocenters. The minimum atomic E-state index is -0.579. The number of ketones is 1. The van der Waals surface area contributed by atoms with Crippen LogP contribution in [0.1, 0.15) is 37.7 Å². The lowest BCUT2D eigenvalue weighted by Gasteiger charge is -2.16. The van der Waals surface area contributed by atoms with E-state index in [4.69, 9.17) is 4.74 Å². The average molecular weight is 232 g/mol. The van der Waals surface area contributed by atoms with Crippen molar-refractivity contribution in [1.82, 2.24) is 0 Å². The fraction of sp³-hybridized carbons (Fsp3) is 0.429. The van der Waals surface area contributed by atoms with Crippen molar-refractivity contribution in [3.63, 3.8) is 0 Å². The standard InChI is InChI=1S/C14H16O3/c1-2-6-12(15)14-11(9-13(16)17-14)10-7-4-3-5-8-10/h3-5,7-8,11,14H,2,6,9H2,1H3/t11-,14+/m1/s1. The second-order valence-corrected chi connectivity index (χ2v) is 4.35. The minimum Gasteiger partial charge on any atom is -0.454 e. The predicted octanol–water partition coefficient (Wildman–Crippen LogP) is 2.45. The Bertz CT molecular complexity index is 411. The fourth-order valence-corrected chi connectivity index (χ4v) is 2.23. The molecule has 1 aliphatic rings. The summed E-state index contributed by atoms with van der Waals surface area (Å²) < 4.78 is 5.15. The van der Waals surface area contributed by atoms with Crippen molar-refractivity contribution < 1.29 is 14.3 Å². The van der Waals surface area contributed by atoms with Crippen LogP contribution in [0.15, 0.2) is 30.3 Å². The molecule has 3 heteroatoms. The number of hydrogen-bond donors (Lipinski definition) is 0. The molecule has 0 saturated carbocycles. The number of carbonyl (C=O) groups is 2. The Morgan fingerprint density at radius 3 is 2.71 bits per heavy atom. The Kier molecular flexibility index (Phi) is 3.57. The molecule has 1 saturated heterocycles. The summed E-state index contributed by atoms with van der Waals surface area (Å²) in [4.78, 5) is 23.3. The van der Waals surface area contributed by atoms with E-state index in [-0.39, 0.29) is 17.7 Å². The van der Waals surface area contributed by atoms with Crippen molar-refractivity contribution in [1.29, 1.82) is 0 Å². The molecule has 0 aliphatic carbocycles. The molecule has 1 aromatic rings. The summed E-state index contributed by atoms with van der Waals surface area (Å²) in [6.07, 6.45) is 0.990. The van der Waals surface area contributed by atoms with E-state index in [0.29, 0.717) is 12.8 Å². The molecule has 2 atom stereocenters. The van der Waals surface area contributed by atoms with Crippen LogP contribution in [-0.2, 0) is 14.3 Å². The molecular weight excluding hydrogens is 216 g/mol. The predicted molar refractivity (Wildman–Crippen MR) is 63.6 cm³/mol. The number of benzene rings is 1. The maximum absolute atomic E-state index is 11.9. The van der Waals surface area contributed by atoms with Gasteiger partial charge in [-0.3, -0.25) is 9.59 Å². The van der Waals surface area contributed by atoms with Gasteiger partial charge in [0.2, 0.25) is 0 Å². The second kappa shape index (κ2) is 5.13. The number of esters is 1. The van der Waals surface area contributed by atoms with Crippen molar-refractivity contribution in [2.24, 2.45) is 0 Å². The number of carbonyl (C=O) groups excluding carboxylic acids is 2. The van der Waals surface area contributed by atoms with E-state index in [2.05, 4.69) is 0 Å². The summed E-state index contributed by atoms with van der Waals surface area (Å²) in [7, 11) is 0. The summed E-state index contributed by atoms with van der Waals surface area (Å²) in [5, 5.41) is 0. The largest absolute Gasteiger partial charge is 0.454 e. The Hall–Kier alpha value is -1.64. The smallest absolute Gasteiger partial charge is 0.307 e. The minimum absolute atomic E-state index is 0.0344. The van der Waals surface area contributed by atoms with Crippen molar-refractivity contribution in [2.75, 3.05) is 0 Å². The summed E-state index contributed by atoms with van der Waals surface area (Å²) >= 11 is 0. The quantitative estimate of drug-likeness (QED) is 0.749. The van der Waals surface area contributed by atoms with E-state index < -0.39 is 6.10 Å². The van der Waals surface area contributed by atoms with Gasteiger partial charge in [0.05, 0.1) is 6.42 Å². The van der Waals surface area contributed by atoms with E-state index in [0.717, 1.165) is 12.0 Å². The lowest BCUT2D eigenvalue weighted by Crippen LogP contribution is -2.25. The third-order valence-corrected chi connectivity index (χ3v) is 3.05. The van der Waals surface area contributed by atoms with Gasteiger partial charge in [-0.2, -0.15) is 0 Å². The van der Waals surface area contributed by atoms with Gasteiger partial charge >= 0.3 is 5.97 Å². The highest BCUT2D eigenvalue weighted by molar-refractivity contribution is 5.89. The average Bonchev–Trinajstić information content (AvgIpc) is 2.73. The molecule has 0 N–H and O–H groups in total. The van der Waals surface area contributed by atoms with Crippen molar-refractivity contribution in [2.45, 2.75) is 38.2 Å². The van der Waals surface area contributed by atoms with E-state index in [1.165, 1.54) is 0 Å².